The first kappa shape index (κ1) is 21.6. The minimum absolute atomic E-state index is 0.183. The van der Waals surface area contributed by atoms with Crippen molar-refractivity contribution in [1.29, 1.82) is 0 Å². The van der Waals surface area contributed by atoms with Crippen molar-refractivity contribution in [3.8, 4) is 5.69 Å². The molecule has 1 heterocycles. The van der Waals surface area contributed by atoms with Crippen molar-refractivity contribution in [2.45, 2.75) is 38.3 Å². The number of urea groups is 1. The predicted octanol–water partition coefficient (Wildman–Crippen LogP) is 4.04. The summed E-state index contributed by atoms with van der Waals surface area (Å²) in [4.78, 5) is 41.5. The van der Waals surface area contributed by atoms with Crippen LogP contribution in [-0.2, 0) is 0 Å². The number of benzene rings is 2. The van der Waals surface area contributed by atoms with Crippen molar-refractivity contribution in [3.05, 3.63) is 63.7 Å². The minimum Gasteiger partial charge on any atom is -0.465 e. The summed E-state index contributed by atoms with van der Waals surface area (Å²) in [5.74, 6) is 0.197. The number of nitrogens with one attached hydrogen (secondary N) is 3. The fourth-order valence-corrected chi connectivity index (χ4v) is 3.87. The maximum Gasteiger partial charge on any atom is 0.405 e. The van der Waals surface area contributed by atoms with Crippen LogP contribution in [-0.4, -0.2) is 32.8 Å². The number of carbonyl (C=O) groups excluding carboxylic acids is 1. The van der Waals surface area contributed by atoms with Crippen LogP contribution in [0.4, 0.5) is 15.3 Å². The van der Waals surface area contributed by atoms with Crippen molar-refractivity contribution in [2.75, 3.05) is 5.32 Å². The Morgan fingerprint density at radius 3 is 2.66 bits per heavy atom. The molecule has 166 valence electrons. The van der Waals surface area contributed by atoms with Gasteiger partial charge in [0.2, 0.25) is 0 Å². The van der Waals surface area contributed by atoms with Gasteiger partial charge in [-0.3, -0.25) is 9.36 Å². The molecule has 3 amide bonds. The topological polar surface area (TPSA) is 125 Å². The largest absolute Gasteiger partial charge is 0.465 e. The van der Waals surface area contributed by atoms with E-state index < -0.39 is 17.7 Å². The molecule has 0 saturated heterocycles. The van der Waals surface area contributed by atoms with E-state index in [2.05, 4.69) is 20.9 Å². The normalized spacial score (nSPS) is 14.4. The zero-order chi connectivity index (χ0) is 22.8. The van der Waals surface area contributed by atoms with Gasteiger partial charge in [-0.05, 0) is 56.5 Å². The Bertz CT molecular complexity index is 1250. The van der Waals surface area contributed by atoms with E-state index >= 15 is 0 Å². The van der Waals surface area contributed by atoms with E-state index in [1.807, 2.05) is 0 Å². The third kappa shape index (κ3) is 4.38. The Balaban J connectivity index is 1.79. The minimum atomic E-state index is -1.24. The molecule has 0 spiro atoms. The summed E-state index contributed by atoms with van der Waals surface area (Å²) in [7, 11) is 0. The molecular weight excluding hydrogens is 434 g/mol. The average molecular weight is 456 g/mol. The smallest absolute Gasteiger partial charge is 0.405 e. The number of anilines is 1. The van der Waals surface area contributed by atoms with Crippen molar-refractivity contribution < 1.29 is 14.7 Å². The van der Waals surface area contributed by atoms with E-state index in [1.165, 1.54) is 4.57 Å². The lowest BCUT2D eigenvalue weighted by Crippen LogP contribution is -2.41. The van der Waals surface area contributed by atoms with Gasteiger partial charge in [0.05, 0.1) is 27.7 Å². The van der Waals surface area contributed by atoms with E-state index in [0.717, 1.165) is 19.3 Å². The second kappa shape index (κ2) is 8.88. The number of hydrogen-bond acceptors (Lipinski definition) is 4. The molecule has 1 atom stereocenters. The monoisotopic (exact) mass is 455 g/mol. The van der Waals surface area contributed by atoms with Crippen LogP contribution in [0.3, 0.4) is 0 Å². The Labute approximate surface area is 188 Å². The van der Waals surface area contributed by atoms with Crippen LogP contribution in [0.5, 0.6) is 0 Å². The highest BCUT2D eigenvalue weighted by Gasteiger charge is 2.22. The lowest BCUT2D eigenvalue weighted by molar-refractivity contribution is 0.190. The Morgan fingerprint density at radius 1 is 1.22 bits per heavy atom. The number of carbonyl (C=O) groups is 2. The molecule has 3 aromatic rings. The second-order valence-electron chi connectivity index (χ2n) is 7.69. The molecule has 1 unspecified atom stereocenters. The van der Waals surface area contributed by atoms with Gasteiger partial charge >= 0.3 is 12.1 Å². The van der Waals surface area contributed by atoms with Crippen LogP contribution in [0, 0.1) is 0 Å². The van der Waals surface area contributed by atoms with Crippen LogP contribution in [0.1, 0.15) is 38.1 Å². The number of aromatic nitrogens is 2. The van der Waals surface area contributed by atoms with Gasteiger partial charge in [-0.25, -0.2) is 14.6 Å². The molecule has 4 N–H and O–H groups in total. The maximum atomic E-state index is 13.4. The number of fused-ring (bicyclic) bond motifs is 1. The van der Waals surface area contributed by atoms with Gasteiger partial charge in [0.15, 0.2) is 0 Å². The summed E-state index contributed by atoms with van der Waals surface area (Å²) in [5.41, 5.74) is 0.822. The lowest BCUT2D eigenvalue weighted by Gasteiger charge is -2.26. The summed E-state index contributed by atoms with van der Waals surface area (Å²) in [6.07, 6.45) is 1.79. The first-order chi connectivity index (χ1) is 15.3. The summed E-state index contributed by atoms with van der Waals surface area (Å²) in [5, 5.41) is 17.7. The second-order valence-corrected chi connectivity index (χ2v) is 8.10. The standard InChI is InChI=1S/C22H22ClN5O4/c1-12(24-22(31)32)19-27-17-10-4-9-16(23)18(17)20(29)28(19)15-8-3-7-14(11-15)26-21(30)25-13-5-2-6-13/h3-4,7-13,24H,2,5-6H2,1H3,(H,31,32)(H2,25,26,30). The van der Waals surface area contributed by atoms with Crippen LogP contribution in [0.2, 0.25) is 5.02 Å². The first-order valence-electron chi connectivity index (χ1n) is 10.2. The van der Waals surface area contributed by atoms with Crippen molar-refractivity contribution in [2.24, 2.45) is 0 Å². The molecule has 2 aromatic carbocycles. The fourth-order valence-electron chi connectivity index (χ4n) is 3.62. The summed E-state index contributed by atoms with van der Waals surface area (Å²) in [6, 6.07) is 10.7. The highest BCUT2D eigenvalue weighted by atomic mass is 35.5. The van der Waals surface area contributed by atoms with Crippen molar-refractivity contribution in [3.63, 3.8) is 0 Å². The van der Waals surface area contributed by atoms with Crippen LogP contribution < -0.4 is 21.5 Å². The number of halogens is 1. The molecule has 0 radical (unpaired) electrons. The van der Waals surface area contributed by atoms with Crippen molar-refractivity contribution >= 4 is 40.3 Å². The van der Waals surface area contributed by atoms with E-state index in [4.69, 9.17) is 11.6 Å². The van der Waals surface area contributed by atoms with Gasteiger partial charge < -0.3 is 21.1 Å². The number of rotatable bonds is 5. The summed E-state index contributed by atoms with van der Waals surface area (Å²) < 4.78 is 1.31. The van der Waals surface area contributed by atoms with E-state index in [9.17, 15) is 19.5 Å². The molecule has 1 aliphatic rings. The molecule has 9 nitrogen and oxygen atoms in total. The van der Waals surface area contributed by atoms with Gasteiger partial charge in [-0.2, -0.15) is 0 Å². The molecule has 1 aliphatic carbocycles. The van der Waals surface area contributed by atoms with Gasteiger partial charge in [-0.15, -0.1) is 0 Å². The Kier molecular flexibility index (Phi) is 6.00. The zero-order valence-electron chi connectivity index (χ0n) is 17.3. The Hall–Kier alpha value is -3.59. The van der Waals surface area contributed by atoms with Crippen molar-refractivity contribution in [1.82, 2.24) is 20.2 Å². The highest BCUT2D eigenvalue weighted by molar-refractivity contribution is 6.35. The summed E-state index contributed by atoms with van der Waals surface area (Å²) in [6.45, 7) is 1.59. The molecular formula is C22H22ClN5O4. The first-order valence-corrected chi connectivity index (χ1v) is 10.6. The zero-order valence-corrected chi connectivity index (χ0v) is 18.0. The van der Waals surface area contributed by atoms with Gasteiger partial charge in [0, 0.05) is 11.7 Å². The van der Waals surface area contributed by atoms with Crippen LogP contribution in [0.25, 0.3) is 16.6 Å². The number of carboxylic acid groups (broad SMARTS) is 1. The highest BCUT2D eigenvalue weighted by Crippen LogP contribution is 2.24. The Morgan fingerprint density at radius 2 is 1.97 bits per heavy atom. The summed E-state index contributed by atoms with van der Waals surface area (Å²) >= 11 is 6.28. The molecule has 0 aliphatic heterocycles. The number of amides is 3. The average Bonchev–Trinajstić information content (AvgIpc) is 2.70. The van der Waals surface area contributed by atoms with Gasteiger partial charge in [-0.1, -0.05) is 23.7 Å². The molecule has 32 heavy (non-hydrogen) atoms. The predicted molar refractivity (Wildman–Crippen MR) is 122 cm³/mol. The molecule has 1 saturated carbocycles. The fraction of sp³-hybridized carbons (Fsp3) is 0.273. The van der Waals surface area contributed by atoms with Gasteiger partial charge in [0.25, 0.3) is 5.56 Å². The number of nitrogens with zero attached hydrogens (tertiary/aromatic N) is 2. The van der Waals surface area contributed by atoms with Gasteiger partial charge in [0.1, 0.15) is 5.82 Å². The van der Waals surface area contributed by atoms with E-state index in [0.29, 0.717) is 16.9 Å². The molecule has 4 rings (SSSR count). The molecule has 0 bridgehead atoms. The maximum absolute atomic E-state index is 13.4. The van der Waals surface area contributed by atoms with E-state index in [-0.39, 0.29) is 28.3 Å². The molecule has 10 heteroatoms. The van der Waals surface area contributed by atoms with E-state index in [1.54, 1.807) is 49.4 Å². The molecule has 1 fully saturated rings. The number of hydrogen-bond donors (Lipinski definition) is 4. The third-order valence-electron chi connectivity index (χ3n) is 5.40. The SMILES string of the molecule is CC(NC(=O)O)c1nc2cccc(Cl)c2c(=O)n1-c1cccc(NC(=O)NC2CCC2)c1. The van der Waals surface area contributed by atoms with Crippen LogP contribution >= 0.6 is 11.6 Å². The lowest BCUT2D eigenvalue weighted by atomic mass is 9.93. The quantitative estimate of drug-likeness (QED) is 0.462. The van der Waals surface area contributed by atoms with Crippen LogP contribution in [0.15, 0.2) is 47.3 Å². The molecule has 1 aromatic heterocycles. The third-order valence-corrected chi connectivity index (χ3v) is 5.72.